The van der Waals surface area contributed by atoms with Crippen molar-refractivity contribution < 1.29 is 10.0 Å². The molecule has 0 bridgehead atoms. The molecule has 3 aromatic rings. The lowest BCUT2D eigenvalue weighted by atomic mass is 10.1. The largest absolute Gasteiger partial charge is 0.494 e. The van der Waals surface area contributed by atoms with Crippen molar-refractivity contribution in [2.45, 2.75) is 33.2 Å². The molecule has 1 unspecified atom stereocenters. The maximum Gasteiger partial charge on any atom is 0.270 e. The Morgan fingerprint density at radius 1 is 1.38 bits per heavy atom. The first-order valence-corrected chi connectivity index (χ1v) is 7.88. The molecule has 2 aromatic heterocycles. The quantitative estimate of drug-likeness (QED) is 0.561. The lowest BCUT2D eigenvalue weighted by Crippen LogP contribution is -2.00. The van der Waals surface area contributed by atoms with Crippen molar-refractivity contribution in [1.82, 2.24) is 9.55 Å². The number of nitrogens with zero attached hydrogens (tertiary/aromatic N) is 3. The van der Waals surface area contributed by atoms with E-state index in [1.807, 2.05) is 30.7 Å². The molecule has 0 saturated heterocycles. The Kier molecular flexibility index (Phi) is 3.97. The van der Waals surface area contributed by atoms with Gasteiger partial charge in [-0.15, -0.1) is 0 Å². The van der Waals surface area contributed by atoms with Gasteiger partial charge in [0.15, 0.2) is 0 Å². The summed E-state index contributed by atoms with van der Waals surface area (Å²) in [7, 11) is 0. The minimum Gasteiger partial charge on any atom is -0.494 e. The molecule has 1 aromatic carbocycles. The van der Waals surface area contributed by atoms with Crippen molar-refractivity contribution in [3.8, 4) is 17.1 Å². The monoisotopic (exact) mass is 325 g/mol. The number of hydrogen-bond donors (Lipinski definition) is 1. The lowest BCUT2D eigenvalue weighted by Gasteiger charge is -2.11. The van der Waals surface area contributed by atoms with Crippen LogP contribution in [0.25, 0.3) is 22.0 Å². The topological polar surface area (TPSA) is 81.2 Å². The average molecular weight is 325 g/mol. The van der Waals surface area contributed by atoms with Crippen molar-refractivity contribution in [3.63, 3.8) is 0 Å². The molecule has 0 aliphatic carbocycles. The SMILES string of the molecule is CCC(C)n1cc2cc(-c3cccc([N+](=O)[O-])c3)nc(C)c2c1O. The summed E-state index contributed by atoms with van der Waals surface area (Å²) in [5, 5.41) is 23.1. The fourth-order valence-corrected chi connectivity index (χ4v) is 2.89. The van der Waals surface area contributed by atoms with Crippen LogP contribution in [0.1, 0.15) is 32.0 Å². The lowest BCUT2D eigenvalue weighted by molar-refractivity contribution is -0.384. The summed E-state index contributed by atoms with van der Waals surface area (Å²) >= 11 is 0. The predicted octanol–water partition coefficient (Wildman–Crippen LogP) is 4.60. The van der Waals surface area contributed by atoms with Gasteiger partial charge in [-0.2, -0.15) is 0 Å². The van der Waals surface area contributed by atoms with Crippen molar-refractivity contribution in [3.05, 3.63) is 52.3 Å². The number of benzene rings is 1. The Bertz CT molecular complexity index is 931. The zero-order chi connectivity index (χ0) is 17.4. The Morgan fingerprint density at radius 3 is 2.79 bits per heavy atom. The Hall–Kier alpha value is -2.89. The molecular formula is C18H19N3O3. The van der Waals surface area contributed by atoms with E-state index in [-0.39, 0.29) is 17.6 Å². The maximum atomic E-state index is 11.0. The summed E-state index contributed by atoms with van der Waals surface area (Å²) in [6.45, 7) is 5.95. The van der Waals surface area contributed by atoms with Gasteiger partial charge < -0.3 is 9.67 Å². The van der Waals surface area contributed by atoms with Gasteiger partial charge in [0.2, 0.25) is 5.88 Å². The normalized spacial score (nSPS) is 12.5. The fraction of sp³-hybridized carbons (Fsp3) is 0.278. The molecule has 6 heteroatoms. The van der Waals surface area contributed by atoms with Crippen LogP contribution in [0.3, 0.4) is 0 Å². The molecule has 0 aliphatic rings. The Balaban J connectivity index is 2.18. The average Bonchev–Trinajstić information content (AvgIpc) is 2.91. The first-order chi connectivity index (χ1) is 11.4. The third-order valence-corrected chi connectivity index (χ3v) is 4.40. The first-order valence-electron chi connectivity index (χ1n) is 7.88. The molecule has 24 heavy (non-hydrogen) atoms. The van der Waals surface area contributed by atoms with Crippen LogP contribution in [0.5, 0.6) is 5.88 Å². The number of rotatable bonds is 4. The summed E-state index contributed by atoms with van der Waals surface area (Å²) in [5.41, 5.74) is 2.08. The predicted molar refractivity (Wildman–Crippen MR) is 93.2 cm³/mol. The summed E-state index contributed by atoms with van der Waals surface area (Å²) in [5.74, 6) is 0.218. The van der Waals surface area contributed by atoms with Gasteiger partial charge in [0.1, 0.15) is 0 Å². The number of nitro benzene ring substituents is 1. The van der Waals surface area contributed by atoms with Gasteiger partial charge in [-0.25, -0.2) is 0 Å². The number of nitro groups is 1. The standard InChI is InChI=1S/C18H19N3O3/c1-4-11(2)20-10-14-9-16(19-12(3)17(14)18(20)22)13-6-5-7-15(8-13)21(23)24/h5-11,22H,4H2,1-3H3. The highest BCUT2D eigenvalue weighted by Gasteiger charge is 2.17. The number of aromatic nitrogens is 2. The van der Waals surface area contributed by atoms with E-state index < -0.39 is 4.92 Å². The van der Waals surface area contributed by atoms with E-state index in [4.69, 9.17) is 0 Å². The van der Waals surface area contributed by atoms with E-state index in [1.165, 1.54) is 12.1 Å². The first kappa shape index (κ1) is 16.0. The maximum absolute atomic E-state index is 11.0. The van der Waals surface area contributed by atoms with Gasteiger partial charge >= 0.3 is 0 Å². The molecule has 0 radical (unpaired) electrons. The van der Waals surface area contributed by atoms with Gasteiger partial charge in [0, 0.05) is 35.3 Å². The zero-order valence-electron chi connectivity index (χ0n) is 13.9. The highest BCUT2D eigenvalue weighted by molar-refractivity contribution is 5.92. The van der Waals surface area contributed by atoms with Gasteiger partial charge in [-0.3, -0.25) is 15.1 Å². The van der Waals surface area contributed by atoms with Crippen LogP contribution in [0, 0.1) is 17.0 Å². The van der Waals surface area contributed by atoms with Crippen LogP contribution in [0.4, 0.5) is 5.69 Å². The van der Waals surface area contributed by atoms with E-state index in [2.05, 4.69) is 11.9 Å². The number of pyridine rings is 1. The van der Waals surface area contributed by atoms with E-state index in [0.29, 0.717) is 17.0 Å². The minimum absolute atomic E-state index is 0.0343. The van der Waals surface area contributed by atoms with E-state index in [0.717, 1.165) is 17.2 Å². The van der Waals surface area contributed by atoms with Gasteiger partial charge in [0.25, 0.3) is 5.69 Å². The smallest absolute Gasteiger partial charge is 0.270 e. The van der Waals surface area contributed by atoms with E-state index in [1.54, 1.807) is 12.1 Å². The second-order valence-electron chi connectivity index (χ2n) is 5.98. The van der Waals surface area contributed by atoms with Gasteiger partial charge in [-0.1, -0.05) is 19.1 Å². The number of non-ortho nitro benzene ring substituents is 1. The van der Waals surface area contributed by atoms with Crippen LogP contribution < -0.4 is 0 Å². The van der Waals surface area contributed by atoms with E-state index in [9.17, 15) is 15.2 Å². The summed E-state index contributed by atoms with van der Waals surface area (Å²) in [6.07, 6.45) is 2.81. The second kappa shape index (κ2) is 5.96. The number of aryl methyl sites for hydroxylation is 1. The molecule has 1 atom stereocenters. The van der Waals surface area contributed by atoms with Gasteiger partial charge in [-0.05, 0) is 26.3 Å². The summed E-state index contributed by atoms with van der Waals surface area (Å²) in [4.78, 5) is 15.1. The summed E-state index contributed by atoms with van der Waals surface area (Å²) in [6, 6.07) is 8.46. The molecule has 6 nitrogen and oxygen atoms in total. The third-order valence-electron chi connectivity index (χ3n) is 4.40. The molecule has 124 valence electrons. The molecule has 1 N–H and O–H groups in total. The summed E-state index contributed by atoms with van der Waals surface area (Å²) < 4.78 is 1.84. The molecule has 0 aliphatic heterocycles. The molecule has 0 saturated carbocycles. The number of fused-ring (bicyclic) bond motifs is 1. The highest BCUT2D eigenvalue weighted by atomic mass is 16.6. The fourth-order valence-electron chi connectivity index (χ4n) is 2.89. The highest BCUT2D eigenvalue weighted by Crippen LogP contribution is 2.35. The van der Waals surface area contributed by atoms with E-state index >= 15 is 0 Å². The minimum atomic E-state index is -0.417. The number of hydrogen-bond acceptors (Lipinski definition) is 4. The molecule has 0 fully saturated rings. The molecular weight excluding hydrogens is 306 g/mol. The van der Waals surface area contributed by atoms with Crippen LogP contribution in [0.15, 0.2) is 36.5 Å². The molecule has 2 heterocycles. The Labute approximate surface area is 139 Å². The molecule has 0 amide bonds. The molecule has 0 spiro atoms. The van der Waals surface area contributed by atoms with Crippen LogP contribution in [-0.2, 0) is 0 Å². The second-order valence-corrected chi connectivity index (χ2v) is 5.98. The number of aromatic hydroxyl groups is 1. The van der Waals surface area contributed by atoms with Crippen molar-refractivity contribution in [1.29, 1.82) is 0 Å². The van der Waals surface area contributed by atoms with Crippen LogP contribution >= 0.6 is 0 Å². The third kappa shape index (κ3) is 2.60. The van der Waals surface area contributed by atoms with Crippen molar-refractivity contribution in [2.24, 2.45) is 0 Å². The van der Waals surface area contributed by atoms with Crippen LogP contribution in [-0.4, -0.2) is 19.6 Å². The Morgan fingerprint density at radius 2 is 2.12 bits per heavy atom. The van der Waals surface area contributed by atoms with Gasteiger partial charge in [0.05, 0.1) is 21.7 Å². The molecule has 3 rings (SSSR count). The zero-order valence-corrected chi connectivity index (χ0v) is 13.9. The van der Waals surface area contributed by atoms with Crippen molar-refractivity contribution >= 4 is 16.5 Å². The van der Waals surface area contributed by atoms with Crippen molar-refractivity contribution in [2.75, 3.05) is 0 Å². The van der Waals surface area contributed by atoms with Crippen LogP contribution in [0.2, 0.25) is 0 Å².